The Balaban J connectivity index is 2.34. The minimum absolute atomic E-state index is 0.0347. The number of hydrogen-bond donors (Lipinski definition) is 1. The summed E-state index contributed by atoms with van der Waals surface area (Å²) in [7, 11) is 1.46. The van der Waals surface area contributed by atoms with Gasteiger partial charge in [-0.2, -0.15) is 5.26 Å². The van der Waals surface area contributed by atoms with Crippen molar-refractivity contribution in [1.29, 1.82) is 5.26 Å². The molecular formula is C15H10Cl2N2O2. The predicted molar refractivity (Wildman–Crippen MR) is 81.8 cm³/mol. The third kappa shape index (κ3) is 3.46. The zero-order valence-electron chi connectivity index (χ0n) is 11.0. The van der Waals surface area contributed by atoms with Crippen LogP contribution in [0.25, 0.3) is 17.4 Å². The molecule has 2 rings (SSSR count). The Kier molecular flexibility index (Phi) is 4.69. The molecule has 0 unspecified atom stereocenters. The molecule has 0 atom stereocenters. The van der Waals surface area contributed by atoms with Crippen LogP contribution < -0.4 is 5.32 Å². The lowest BCUT2D eigenvalue weighted by Crippen LogP contribution is -2.18. The van der Waals surface area contributed by atoms with Gasteiger partial charge in [-0.15, -0.1) is 0 Å². The molecule has 1 aromatic carbocycles. The Morgan fingerprint density at radius 1 is 1.29 bits per heavy atom. The summed E-state index contributed by atoms with van der Waals surface area (Å²) >= 11 is 11.8. The predicted octanol–water partition coefficient (Wildman–Crippen LogP) is 3.91. The standard InChI is InChI=1S/C15H10Cl2N2O2/c1-19-15(20)10(8-18)6-11-3-5-14(21-11)9-2-4-12(16)13(17)7-9/h2-7H,1H3,(H,19,20)/b10-6-. The van der Waals surface area contributed by atoms with Crippen LogP contribution in [0.4, 0.5) is 0 Å². The number of likely N-dealkylation sites (N-methyl/N-ethyl adjacent to an activating group) is 1. The Labute approximate surface area is 131 Å². The maximum atomic E-state index is 11.4. The highest BCUT2D eigenvalue weighted by molar-refractivity contribution is 6.42. The highest BCUT2D eigenvalue weighted by atomic mass is 35.5. The van der Waals surface area contributed by atoms with Gasteiger partial charge in [0.25, 0.3) is 5.91 Å². The van der Waals surface area contributed by atoms with Gasteiger partial charge in [0.2, 0.25) is 0 Å². The molecule has 6 heteroatoms. The second kappa shape index (κ2) is 6.49. The summed E-state index contributed by atoms with van der Waals surface area (Å²) in [5.41, 5.74) is 0.718. The number of carbonyl (C=O) groups is 1. The monoisotopic (exact) mass is 320 g/mol. The van der Waals surface area contributed by atoms with Gasteiger partial charge in [0, 0.05) is 18.7 Å². The van der Waals surface area contributed by atoms with Crippen molar-refractivity contribution in [3.8, 4) is 17.4 Å². The van der Waals surface area contributed by atoms with Crippen molar-refractivity contribution in [3.63, 3.8) is 0 Å². The SMILES string of the molecule is CNC(=O)/C(C#N)=C\c1ccc(-c2ccc(Cl)c(Cl)c2)o1. The first-order valence-corrected chi connectivity index (χ1v) is 6.70. The molecule has 0 fully saturated rings. The van der Waals surface area contributed by atoms with E-state index in [1.165, 1.54) is 13.1 Å². The summed E-state index contributed by atoms with van der Waals surface area (Å²) in [4.78, 5) is 11.4. The normalized spacial score (nSPS) is 11.0. The van der Waals surface area contributed by atoms with E-state index in [1.807, 2.05) is 6.07 Å². The molecular weight excluding hydrogens is 311 g/mol. The molecule has 106 valence electrons. The lowest BCUT2D eigenvalue weighted by Gasteiger charge is -1.99. The summed E-state index contributed by atoms with van der Waals surface area (Å²) in [5, 5.41) is 12.2. The average Bonchev–Trinajstić information content (AvgIpc) is 2.95. The highest BCUT2D eigenvalue weighted by Gasteiger charge is 2.10. The lowest BCUT2D eigenvalue weighted by atomic mass is 10.2. The van der Waals surface area contributed by atoms with Crippen molar-refractivity contribution in [2.75, 3.05) is 7.05 Å². The van der Waals surface area contributed by atoms with Crippen molar-refractivity contribution in [2.45, 2.75) is 0 Å². The molecule has 0 aliphatic carbocycles. The minimum atomic E-state index is -0.468. The highest BCUT2D eigenvalue weighted by Crippen LogP contribution is 2.29. The van der Waals surface area contributed by atoms with Gasteiger partial charge in [0.1, 0.15) is 23.2 Å². The van der Waals surface area contributed by atoms with Gasteiger partial charge in [0.05, 0.1) is 10.0 Å². The molecule has 0 radical (unpaired) electrons. The van der Waals surface area contributed by atoms with Crippen LogP contribution in [0.1, 0.15) is 5.76 Å². The van der Waals surface area contributed by atoms with Crippen molar-refractivity contribution < 1.29 is 9.21 Å². The average molecular weight is 321 g/mol. The molecule has 1 amide bonds. The Morgan fingerprint density at radius 2 is 2.05 bits per heavy atom. The van der Waals surface area contributed by atoms with Gasteiger partial charge in [-0.05, 0) is 30.3 Å². The molecule has 0 aliphatic rings. The van der Waals surface area contributed by atoms with Crippen LogP contribution in [-0.4, -0.2) is 13.0 Å². The zero-order chi connectivity index (χ0) is 15.4. The van der Waals surface area contributed by atoms with Crippen LogP contribution in [-0.2, 0) is 4.79 Å². The second-order valence-electron chi connectivity index (χ2n) is 4.08. The summed E-state index contributed by atoms with van der Waals surface area (Å²) in [6.45, 7) is 0. The first kappa shape index (κ1) is 15.2. The summed E-state index contributed by atoms with van der Waals surface area (Å²) in [5.74, 6) is 0.496. The first-order valence-electron chi connectivity index (χ1n) is 5.94. The van der Waals surface area contributed by atoms with E-state index in [0.717, 1.165) is 5.56 Å². The number of nitrogens with one attached hydrogen (secondary N) is 1. The third-order valence-electron chi connectivity index (χ3n) is 2.71. The summed E-state index contributed by atoms with van der Waals surface area (Å²) in [6, 6.07) is 10.3. The number of halogens is 2. The molecule has 0 saturated carbocycles. The van der Waals surface area contributed by atoms with E-state index in [9.17, 15) is 4.79 Å². The summed E-state index contributed by atoms with van der Waals surface area (Å²) < 4.78 is 5.58. The number of rotatable bonds is 3. The molecule has 21 heavy (non-hydrogen) atoms. The van der Waals surface area contributed by atoms with E-state index in [4.69, 9.17) is 32.9 Å². The Hall–Kier alpha value is -2.22. The van der Waals surface area contributed by atoms with Gasteiger partial charge < -0.3 is 9.73 Å². The van der Waals surface area contributed by atoms with Crippen LogP contribution in [0.3, 0.4) is 0 Å². The molecule has 2 aromatic rings. The fraction of sp³-hybridized carbons (Fsp3) is 0.0667. The van der Waals surface area contributed by atoms with Gasteiger partial charge in [-0.25, -0.2) is 0 Å². The van der Waals surface area contributed by atoms with Gasteiger partial charge >= 0.3 is 0 Å². The van der Waals surface area contributed by atoms with Crippen molar-refractivity contribution >= 4 is 35.2 Å². The number of nitrogens with zero attached hydrogens (tertiary/aromatic N) is 1. The first-order chi connectivity index (χ1) is 10.0. The van der Waals surface area contributed by atoms with E-state index < -0.39 is 5.91 Å². The van der Waals surface area contributed by atoms with Crippen LogP contribution >= 0.6 is 23.2 Å². The second-order valence-corrected chi connectivity index (χ2v) is 4.89. The third-order valence-corrected chi connectivity index (χ3v) is 3.45. The smallest absolute Gasteiger partial charge is 0.261 e. The topological polar surface area (TPSA) is 66.0 Å². The zero-order valence-corrected chi connectivity index (χ0v) is 12.5. The van der Waals surface area contributed by atoms with Crippen molar-refractivity contribution in [1.82, 2.24) is 5.32 Å². The largest absolute Gasteiger partial charge is 0.457 e. The maximum Gasteiger partial charge on any atom is 0.261 e. The molecule has 1 aromatic heterocycles. The number of hydrogen-bond acceptors (Lipinski definition) is 3. The maximum absolute atomic E-state index is 11.4. The fourth-order valence-electron chi connectivity index (χ4n) is 1.66. The fourth-order valence-corrected chi connectivity index (χ4v) is 1.96. The van der Waals surface area contributed by atoms with E-state index in [0.29, 0.717) is 21.6 Å². The van der Waals surface area contributed by atoms with E-state index in [-0.39, 0.29) is 5.57 Å². The molecule has 4 nitrogen and oxygen atoms in total. The molecule has 0 aliphatic heterocycles. The minimum Gasteiger partial charge on any atom is -0.457 e. The number of furan rings is 1. The number of amides is 1. The molecule has 0 spiro atoms. The molecule has 0 bridgehead atoms. The quantitative estimate of drug-likeness (QED) is 0.688. The summed E-state index contributed by atoms with van der Waals surface area (Å²) in [6.07, 6.45) is 1.37. The van der Waals surface area contributed by atoms with E-state index in [2.05, 4.69) is 5.32 Å². The van der Waals surface area contributed by atoms with Gasteiger partial charge in [0.15, 0.2) is 0 Å². The van der Waals surface area contributed by atoms with Crippen LogP contribution in [0.15, 0.2) is 40.3 Å². The number of benzene rings is 1. The van der Waals surface area contributed by atoms with Crippen molar-refractivity contribution in [2.24, 2.45) is 0 Å². The Bertz CT molecular complexity index is 757. The van der Waals surface area contributed by atoms with Crippen LogP contribution in [0.2, 0.25) is 10.0 Å². The van der Waals surface area contributed by atoms with Gasteiger partial charge in [-0.1, -0.05) is 23.2 Å². The number of carbonyl (C=O) groups excluding carboxylic acids is 1. The van der Waals surface area contributed by atoms with Gasteiger partial charge in [-0.3, -0.25) is 4.79 Å². The van der Waals surface area contributed by atoms with Crippen LogP contribution in [0.5, 0.6) is 0 Å². The van der Waals surface area contributed by atoms with Crippen molar-refractivity contribution in [3.05, 3.63) is 51.7 Å². The van der Waals surface area contributed by atoms with E-state index in [1.54, 1.807) is 30.3 Å². The van der Waals surface area contributed by atoms with Crippen LogP contribution in [0, 0.1) is 11.3 Å². The van der Waals surface area contributed by atoms with E-state index >= 15 is 0 Å². The lowest BCUT2D eigenvalue weighted by molar-refractivity contribution is -0.116. The molecule has 1 heterocycles. The molecule has 0 saturated heterocycles. The number of nitriles is 1. The molecule has 1 N–H and O–H groups in total. The Morgan fingerprint density at radius 3 is 2.67 bits per heavy atom.